The lowest BCUT2D eigenvalue weighted by molar-refractivity contribution is 0.497. The minimum Gasteiger partial charge on any atom is -0.0823 e. The molecule has 11 heavy (non-hydrogen) atoms. The third kappa shape index (κ3) is 4.23. The molecule has 0 aliphatic rings. The highest BCUT2D eigenvalue weighted by molar-refractivity contribution is 5.03. The van der Waals surface area contributed by atoms with Crippen LogP contribution in [0.3, 0.4) is 0 Å². The maximum Gasteiger partial charge on any atom is -0.0236 e. The molecule has 66 valence electrons. The van der Waals surface area contributed by atoms with Gasteiger partial charge in [0.1, 0.15) is 0 Å². The molecule has 0 unspecified atom stereocenters. The van der Waals surface area contributed by atoms with E-state index in [0.717, 1.165) is 11.8 Å². The Morgan fingerprint density at radius 3 is 1.73 bits per heavy atom. The second-order valence-electron chi connectivity index (χ2n) is 4.17. The van der Waals surface area contributed by atoms with Gasteiger partial charge < -0.3 is 0 Å². The van der Waals surface area contributed by atoms with Crippen molar-refractivity contribution < 1.29 is 0 Å². The lowest BCUT2D eigenvalue weighted by atomic mass is 9.93. The predicted molar refractivity (Wildman–Crippen MR) is 52.6 cm³/mol. The van der Waals surface area contributed by atoms with Crippen LogP contribution >= 0.6 is 0 Å². The number of allylic oxidation sites excluding steroid dienone is 2. The fourth-order valence-electron chi connectivity index (χ4n) is 0.800. The van der Waals surface area contributed by atoms with E-state index in [4.69, 9.17) is 0 Å². The summed E-state index contributed by atoms with van der Waals surface area (Å²) in [4.78, 5) is 0. The molecule has 0 heteroatoms. The predicted octanol–water partition coefficient (Wildman–Crippen LogP) is 3.88. The highest BCUT2D eigenvalue weighted by Gasteiger charge is 2.04. The van der Waals surface area contributed by atoms with Gasteiger partial charge in [0.05, 0.1) is 0 Å². The summed E-state index contributed by atoms with van der Waals surface area (Å²) >= 11 is 0. The maximum atomic E-state index is 2.40. The summed E-state index contributed by atoms with van der Waals surface area (Å²) in [6.45, 7) is 13.6. The minimum atomic E-state index is 0.705. The van der Waals surface area contributed by atoms with Gasteiger partial charge in [-0.15, -0.1) is 0 Å². The van der Waals surface area contributed by atoms with Crippen molar-refractivity contribution in [1.29, 1.82) is 0 Å². The molecule has 0 N–H and O–H groups in total. The molecule has 0 aliphatic carbocycles. The van der Waals surface area contributed by atoms with Crippen molar-refractivity contribution in [2.75, 3.05) is 0 Å². The number of hydrogen-bond donors (Lipinski definition) is 0. The zero-order chi connectivity index (χ0) is 9.02. The molecular formula is C11H22. The first-order chi connectivity index (χ1) is 4.95. The van der Waals surface area contributed by atoms with Gasteiger partial charge in [0, 0.05) is 0 Å². The molecule has 0 aromatic heterocycles. The molecule has 1 atom stereocenters. The molecule has 0 spiro atoms. The molecule has 0 heterocycles. The van der Waals surface area contributed by atoms with Crippen LogP contribution in [-0.2, 0) is 0 Å². The van der Waals surface area contributed by atoms with Crippen LogP contribution in [-0.4, -0.2) is 0 Å². The van der Waals surface area contributed by atoms with Gasteiger partial charge in [0.25, 0.3) is 0 Å². The summed E-state index contributed by atoms with van der Waals surface area (Å²) in [6.07, 6.45) is 2.40. The summed E-state index contributed by atoms with van der Waals surface area (Å²) in [7, 11) is 0. The minimum absolute atomic E-state index is 0.705. The van der Waals surface area contributed by atoms with Gasteiger partial charge in [-0.25, -0.2) is 0 Å². The van der Waals surface area contributed by atoms with Gasteiger partial charge in [0.15, 0.2) is 0 Å². The quantitative estimate of drug-likeness (QED) is 0.541. The van der Waals surface area contributed by atoms with Crippen molar-refractivity contribution in [3.63, 3.8) is 0 Å². The number of hydrogen-bond acceptors (Lipinski definition) is 0. The van der Waals surface area contributed by atoms with E-state index in [-0.39, 0.29) is 0 Å². The smallest absolute Gasteiger partial charge is 0.0236 e. The SMILES string of the molecule is C/C(=C\[C@H](C)C(C)C)C(C)C. The van der Waals surface area contributed by atoms with Crippen LogP contribution in [0.25, 0.3) is 0 Å². The van der Waals surface area contributed by atoms with Crippen molar-refractivity contribution in [2.24, 2.45) is 17.8 Å². The van der Waals surface area contributed by atoms with E-state index in [1.54, 1.807) is 0 Å². The Bertz CT molecular complexity index is 129. The molecule has 0 aromatic rings. The zero-order valence-electron chi connectivity index (χ0n) is 8.81. The number of rotatable bonds is 3. The Balaban J connectivity index is 4.07. The van der Waals surface area contributed by atoms with E-state index in [2.05, 4.69) is 47.6 Å². The third-order valence-corrected chi connectivity index (χ3v) is 2.49. The van der Waals surface area contributed by atoms with E-state index in [0.29, 0.717) is 5.92 Å². The standard InChI is InChI=1S/C11H22/c1-8(2)10(5)7-11(6)9(3)4/h7-10H,1-6H3/b11-7+/t10-/m0/s1. The molecule has 0 aromatic carbocycles. The highest BCUT2D eigenvalue weighted by Crippen LogP contribution is 2.17. The van der Waals surface area contributed by atoms with Gasteiger partial charge in [-0.3, -0.25) is 0 Å². The van der Waals surface area contributed by atoms with E-state index in [9.17, 15) is 0 Å². The molecular weight excluding hydrogens is 132 g/mol. The van der Waals surface area contributed by atoms with E-state index in [1.807, 2.05) is 0 Å². The zero-order valence-corrected chi connectivity index (χ0v) is 8.81. The molecule has 0 rings (SSSR count). The molecule has 0 fully saturated rings. The summed E-state index contributed by atoms with van der Waals surface area (Å²) in [5.74, 6) is 2.19. The van der Waals surface area contributed by atoms with Crippen LogP contribution in [0.1, 0.15) is 41.5 Å². The Morgan fingerprint density at radius 1 is 1.00 bits per heavy atom. The van der Waals surface area contributed by atoms with Gasteiger partial charge in [0.2, 0.25) is 0 Å². The Kier molecular flexibility index (Phi) is 4.48. The summed E-state index contributed by atoms with van der Waals surface area (Å²) in [5, 5.41) is 0. The molecule has 0 aliphatic heterocycles. The first kappa shape index (κ1) is 10.7. The Hall–Kier alpha value is -0.260. The van der Waals surface area contributed by atoms with Crippen LogP contribution < -0.4 is 0 Å². The maximum absolute atomic E-state index is 2.40. The summed E-state index contributed by atoms with van der Waals surface area (Å²) < 4.78 is 0. The van der Waals surface area contributed by atoms with Crippen LogP contribution in [0.5, 0.6) is 0 Å². The highest BCUT2D eigenvalue weighted by atomic mass is 14.1. The second kappa shape index (κ2) is 4.58. The van der Waals surface area contributed by atoms with Crippen molar-refractivity contribution in [3.05, 3.63) is 11.6 Å². The topological polar surface area (TPSA) is 0 Å². The molecule has 0 nitrogen and oxygen atoms in total. The van der Waals surface area contributed by atoms with E-state index in [1.165, 1.54) is 5.57 Å². The average Bonchev–Trinajstić information content (AvgIpc) is 1.87. The van der Waals surface area contributed by atoms with E-state index < -0.39 is 0 Å². The third-order valence-electron chi connectivity index (χ3n) is 2.49. The van der Waals surface area contributed by atoms with Gasteiger partial charge in [-0.2, -0.15) is 0 Å². The van der Waals surface area contributed by atoms with Gasteiger partial charge in [-0.05, 0) is 24.7 Å². The largest absolute Gasteiger partial charge is 0.0823 e. The van der Waals surface area contributed by atoms with Crippen LogP contribution in [0.4, 0.5) is 0 Å². The Labute approximate surface area is 71.7 Å². The van der Waals surface area contributed by atoms with Crippen LogP contribution in [0, 0.1) is 17.8 Å². The lowest BCUT2D eigenvalue weighted by Gasteiger charge is -2.13. The molecule has 0 amide bonds. The molecule has 0 radical (unpaired) electrons. The second-order valence-corrected chi connectivity index (χ2v) is 4.17. The van der Waals surface area contributed by atoms with E-state index >= 15 is 0 Å². The lowest BCUT2D eigenvalue weighted by Crippen LogP contribution is -2.02. The molecule has 0 saturated heterocycles. The average molecular weight is 154 g/mol. The van der Waals surface area contributed by atoms with Crippen molar-refractivity contribution in [1.82, 2.24) is 0 Å². The van der Waals surface area contributed by atoms with Crippen molar-refractivity contribution in [3.8, 4) is 0 Å². The molecule has 0 bridgehead atoms. The van der Waals surface area contributed by atoms with Gasteiger partial charge in [-0.1, -0.05) is 46.3 Å². The molecule has 0 saturated carbocycles. The fraction of sp³-hybridized carbons (Fsp3) is 0.818. The normalized spacial score (nSPS) is 16.2. The fourth-order valence-corrected chi connectivity index (χ4v) is 0.800. The monoisotopic (exact) mass is 154 g/mol. The first-order valence-corrected chi connectivity index (χ1v) is 4.63. The van der Waals surface area contributed by atoms with Gasteiger partial charge >= 0.3 is 0 Å². The summed E-state index contributed by atoms with van der Waals surface area (Å²) in [5.41, 5.74) is 1.52. The Morgan fingerprint density at radius 2 is 1.45 bits per heavy atom. The van der Waals surface area contributed by atoms with Crippen LogP contribution in [0.15, 0.2) is 11.6 Å². The first-order valence-electron chi connectivity index (χ1n) is 4.63. The van der Waals surface area contributed by atoms with Crippen LogP contribution in [0.2, 0.25) is 0 Å². The summed E-state index contributed by atoms with van der Waals surface area (Å²) in [6, 6.07) is 0. The van der Waals surface area contributed by atoms with Crippen molar-refractivity contribution in [2.45, 2.75) is 41.5 Å². The van der Waals surface area contributed by atoms with Crippen molar-refractivity contribution >= 4 is 0 Å².